The highest BCUT2D eigenvalue weighted by atomic mass is 32.2. The van der Waals surface area contributed by atoms with Crippen LogP contribution in [0, 0.1) is 41.6 Å². The average molecular weight is 1280 g/mol. The lowest BCUT2D eigenvalue weighted by atomic mass is 9.82. The van der Waals surface area contributed by atoms with E-state index in [1.807, 2.05) is 33.8 Å². The second-order valence-electron chi connectivity index (χ2n) is 19.6. The van der Waals surface area contributed by atoms with Gasteiger partial charge in [0.2, 0.25) is 0 Å². The van der Waals surface area contributed by atoms with Gasteiger partial charge < -0.3 is 47.4 Å². The van der Waals surface area contributed by atoms with E-state index in [0.717, 1.165) is 72.5 Å². The number of rotatable bonds is 27. The van der Waals surface area contributed by atoms with Gasteiger partial charge in [0.25, 0.3) is 5.70 Å². The van der Waals surface area contributed by atoms with Crippen LogP contribution in [0.3, 0.4) is 0 Å². The van der Waals surface area contributed by atoms with Crippen molar-refractivity contribution < 1.29 is 95.3 Å². The van der Waals surface area contributed by atoms with Gasteiger partial charge in [-0.2, -0.15) is 0 Å². The van der Waals surface area contributed by atoms with Crippen LogP contribution in [0.5, 0.6) is 23.0 Å². The highest BCUT2D eigenvalue weighted by Gasteiger charge is 2.36. The fourth-order valence-electron chi connectivity index (χ4n) is 8.53. The first-order chi connectivity index (χ1) is 43.4. The minimum absolute atomic E-state index is 0.0721. The molecule has 0 unspecified atom stereocenters. The number of esters is 10. The zero-order valence-corrected chi connectivity index (χ0v) is 53.3. The van der Waals surface area contributed by atoms with Crippen molar-refractivity contribution in [1.82, 2.24) is 0 Å². The molecule has 2 aliphatic carbocycles. The number of nitriles is 1. The van der Waals surface area contributed by atoms with Crippen LogP contribution in [-0.4, -0.2) is 99.3 Å². The number of thioether (sulfide) groups is 2. The number of carbonyl (C=O) groups is 10. The molecule has 0 radical (unpaired) electrons. The third-order valence-corrected chi connectivity index (χ3v) is 15.8. The fraction of sp³-hybridized carbons (Fsp3) is 0.455. The fourth-order valence-corrected chi connectivity index (χ4v) is 11.0. The summed E-state index contributed by atoms with van der Waals surface area (Å²) in [4.78, 5) is 123. The van der Waals surface area contributed by atoms with E-state index in [-0.39, 0.29) is 88.7 Å². The normalized spacial score (nSPS) is 16.4. The van der Waals surface area contributed by atoms with Gasteiger partial charge in [0.1, 0.15) is 49.4 Å². The SMILES string of the molecule is C=CC(=O)OCCOC(=O)CCC(=O)OCCc1ccc(OC(C)=O)cc1.CC.CC.[C-]#[N+]/C(C#N)=C1/Sc2c(OC(=O)C3CCC(C)CC3)ccc(OC(=O)C3CCC(C(=O)Oc4ccc(CCOC(=O)CCC(=O)OCCOC(=O)C=C)cc4)CC3)c2S1. The zero-order chi connectivity index (χ0) is 66.4. The maximum absolute atomic E-state index is 13.4. The molecule has 0 N–H and O–H groups in total. The molecule has 3 aliphatic rings. The molecule has 90 heavy (non-hydrogen) atoms. The Morgan fingerprint density at radius 1 is 0.511 bits per heavy atom. The smallest absolute Gasteiger partial charge is 0.330 e. The Morgan fingerprint density at radius 3 is 1.19 bits per heavy atom. The molecular weight excluding hydrogens is 1200 g/mol. The molecule has 0 amide bonds. The van der Waals surface area contributed by atoms with Crippen molar-refractivity contribution in [2.24, 2.45) is 23.7 Å². The number of hydrogen-bond acceptors (Lipinski definition) is 23. The highest BCUT2D eigenvalue weighted by Crippen LogP contribution is 2.59. The molecule has 0 bridgehead atoms. The number of fused-ring (bicyclic) bond motifs is 1. The molecule has 0 aromatic heterocycles. The van der Waals surface area contributed by atoms with Crippen LogP contribution in [-0.2, 0) is 89.2 Å². The Balaban J connectivity index is 0.000000571. The van der Waals surface area contributed by atoms with Crippen molar-refractivity contribution in [3.63, 3.8) is 0 Å². The third-order valence-electron chi connectivity index (χ3n) is 13.2. The molecule has 0 spiro atoms. The lowest BCUT2D eigenvalue weighted by molar-refractivity contribution is -0.152. The lowest BCUT2D eigenvalue weighted by Crippen LogP contribution is -2.30. The van der Waals surface area contributed by atoms with Crippen LogP contribution in [0.1, 0.15) is 130 Å². The Bertz CT molecular complexity index is 3040. The molecule has 0 atom stereocenters. The van der Waals surface area contributed by atoms with E-state index in [9.17, 15) is 53.2 Å². The number of ether oxygens (including phenoxy) is 10. The summed E-state index contributed by atoms with van der Waals surface area (Å²) >= 11 is 2.28. The highest BCUT2D eigenvalue weighted by molar-refractivity contribution is 8.24. The van der Waals surface area contributed by atoms with Crippen LogP contribution in [0.4, 0.5) is 0 Å². The van der Waals surface area contributed by atoms with Crippen LogP contribution >= 0.6 is 23.5 Å². The van der Waals surface area contributed by atoms with E-state index in [2.05, 4.69) is 29.7 Å². The second-order valence-corrected chi connectivity index (χ2v) is 21.9. The van der Waals surface area contributed by atoms with Gasteiger partial charge in [-0.3, -0.25) is 38.4 Å². The first-order valence-corrected chi connectivity index (χ1v) is 31.3. The quantitative estimate of drug-likeness (QED) is 0.0130. The van der Waals surface area contributed by atoms with E-state index in [4.69, 9.17) is 49.2 Å². The summed E-state index contributed by atoms with van der Waals surface area (Å²) in [5.74, 6) is -4.24. The van der Waals surface area contributed by atoms with Gasteiger partial charge in [-0.05, 0) is 105 Å². The van der Waals surface area contributed by atoms with Gasteiger partial charge in [0, 0.05) is 31.9 Å². The molecule has 0 saturated heterocycles. The third kappa shape index (κ3) is 27.8. The Labute approximate surface area is 533 Å². The summed E-state index contributed by atoms with van der Waals surface area (Å²) < 4.78 is 52.0. The topological polar surface area (TPSA) is 291 Å². The van der Waals surface area contributed by atoms with Gasteiger partial charge in [-0.25, -0.2) is 19.7 Å². The van der Waals surface area contributed by atoms with E-state index in [1.165, 1.54) is 6.92 Å². The molecule has 2 fully saturated rings. The van der Waals surface area contributed by atoms with Gasteiger partial charge in [0.05, 0.1) is 83.3 Å². The number of hydrogen-bond donors (Lipinski definition) is 0. The van der Waals surface area contributed by atoms with Gasteiger partial charge in [-0.15, -0.1) is 0 Å². The van der Waals surface area contributed by atoms with Crippen molar-refractivity contribution in [2.75, 3.05) is 39.6 Å². The van der Waals surface area contributed by atoms with Crippen molar-refractivity contribution in [3.8, 4) is 29.1 Å². The van der Waals surface area contributed by atoms with E-state index in [1.54, 1.807) is 60.7 Å². The number of nitrogens with zero attached hydrogens (tertiary/aromatic N) is 2. The van der Waals surface area contributed by atoms with Crippen molar-refractivity contribution in [3.05, 3.63) is 118 Å². The Hall–Kier alpha value is -8.74. The monoisotopic (exact) mass is 1280 g/mol. The second kappa shape index (κ2) is 42.2. The predicted molar refractivity (Wildman–Crippen MR) is 330 cm³/mol. The molecule has 6 rings (SSSR count). The Kier molecular flexibility index (Phi) is 35.4. The number of allylic oxidation sites excluding steroid dienone is 1. The molecule has 24 heteroatoms. The standard InChI is InChI=1S/C43H44N2O12S2.C19H22O8.2C2H6/c1-4-35(46)53-23-24-54-37(48)20-19-36(47)52-22-21-27-7-15-31(16-8-27)55-40(49)29-11-13-30(14-12-29)42(51)57-34-18-17-33(56-41(50)28-9-5-26(2)6-10-28)38-39(34)59-43(58-38)32(25-44)45-3;1-3-17(21)25-12-13-26-19(23)9-8-18(22)24-11-10-15-4-6-16(7-5-15)27-14(2)20;2*1-2/h4,7-8,15-18,26,28-30H,1,5-6,9-14,19-24H2,2H3;3-7H,1,8-13H2,2H3;2*1-2H3/b43-32-;;;. The largest absolute Gasteiger partial charge is 0.465 e. The molecule has 3 aromatic rings. The summed E-state index contributed by atoms with van der Waals surface area (Å²) in [6, 6.07) is 18.7. The maximum atomic E-state index is 13.4. The predicted octanol–water partition coefficient (Wildman–Crippen LogP) is 11.5. The van der Waals surface area contributed by atoms with Crippen molar-refractivity contribution in [2.45, 2.75) is 141 Å². The molecule has 22 nitrogen and oxygen atoms in total. The van der Waals surface area contributed by atoms with Crippen molar-refractivity contribution in [1.29, 1.82) is 5.26 Å². The van der Waals surface area contributed by atoms with Crippen LogP contribution < -0.4 is 18.9 Å². The van der Waals surface area contributed by atoms with E-state index in [0.29, 0.717) is 75.7 Å². The summed E-state index contributed by atoms with van der Waals surface area (Å²) in [6.45, 7) is 25.3. The van der Waals surface area contributed by atoms with Gasteiger partial charge >= 0.3 is 59.7 Å². The van der Waals surface area contributed by atoms with Crippen LogP contribution in [0.25, 0.3) is 4.85 Å². The number of carbonyl (C=O) groups excluding carboxylic acids is 10. The van der Waals surface area contributed by atoms with Crippen LogP contribution in [0.2, 0.25) is 0 Å². The minimum Gasteiger partial charge on any atom is -0.465 e. The van der Waals surface area contributed by atoms with E-state index >= 15 is 0 Å². The summed E-state index contributed by atoms with van der Waals surface area (Å²) in [7, 11) is 0. The average Bonchev–Trinajstić information content (AvgIpc) is 2.37. The van der Waals surface area contributed by atoms with E-state index < -0.39 is 65.6 Å². The molecule has 3 aromatic carbocycles. The zero-order valence-electron chi connectivity index (χ0n) is 51.7. The first-order valence-electron chi connectivity index (χ1n) is 29.6. The summed E-state index contributed by atoms with van der Waals surface area (Å²) in [6.07, 6.45) is 7.41. The molecule has 1 aliphatic heterocycles. The number of benzene rings is 3. The minimum atomic E-state index is -0.628. The van der Waals surface area contributed by atoms with Crippen molar-refractivity contribution >= 4 is 83.2 Å². The van der Waals surface area contributed by atoms with Gasteiger partial charge in [0.15, 0.2) is 0 Å². The molecule has 2 saturated carbocycles. The Morgan fingerprint density at radius 2 is 0.844 bits per heavy atom. The molecular formula is C66H78N2O20S2. The summed E-state index contributed by atoms with van der Waals surface area (Å²) in [5.41, 5.74) is 1.64. The van der Waals surface area contributed by atoms with Crippen LogP contribution in [0.15, 0.2) is 106 Å². The van der Waals surface area contributed by atoms with Gasteiger partial charge in [-0.1, -0.05) is 95.6 Å². The molecule has 484 valence electrons. The first kappa shape index (κ1) is 75.5. The summed E-state index contributed by atoms with van der Waals surface area (Å²) in [5, 5.41) is 9.53. The molecule has 1 heterocycles. The lowest BCUT2D eigenvalue weighted by Gasteiger charge is -2.26. The maximum Gasteiger partial charge on any atom is 0.330 e.